The van der Waals surface area contributed by atoms with Crippen LogP contribution in [0.15, 0.2) is 57.9 Å². The minimum Gasteiger partial charge on any atom is -0.397 e. The predicted molar refractivity (Wildman–Crippen MR) is 75.8 cm³/mol. The highest BCUT2D eigenvalue weighted by molar-refractivity contribution is 9.10. The van der Waals surface area contributed by atoms with Gasteiger partial charge in [0.15, 0.2) is 0 Å². The van der Waals surface area contributed by atoms with E-state index in [1.807, 2.05) is 0 Å². The number of rotatable bonds is 3. The van der Waals surface area contributed by atoms with Crippen molar-refractivity contribution in [2.45, 2.75) is 4.90 Å². The molecule has 0 aromatic heterocycles. The molecule has 0 saturated heterocycles. The molecule has 0 spiro atoms. The van der Waals surface area contributed by atoms with Crippen LogP contribution in [0.5, 0.6) is 0 Å². The molecule has 2 aromatic rings. The van der Waals surface area contributed by atoms with Crippen LogP contribution in [-0.4, -0.2) is 8.42 Å². The Labute approximate surface area is 114 Å². The molecule has 0 fully saturated rings. The first-order valence-electron chi connectivity index (χ1n) is 5.12. The summed E-state index contributed by atoms with van der Waals surface area (Å²) in [5.41, 5.74) is 6.46. The number of nitrogens with one attached hydrogen (secondary N) is 1. The fraction of sp³-hybridized carbons (Fsp3) is 0. The summed E-state index contributed by atoms with van der Waals surface area (Å²) in [5.74, 6) is 0. The molecule has 2 aromatic carbocycles. The van der Waals surface area contributed by atoms with Gasteiger partial charge in [-0.3, -0.25) is 4.72 Å². The summed E-state index contributed by atoms with van der Waals surface area (Å²) >= 11 is 3.21. The van der Waals surface area contributed by atoms with Crippen LogP contribution >= 0.6 is 15.9 Å². The van der Waals surface area contributed by atoms with E-state index in [4.69, 9.17) is 5.73 Å². The van der Waals surface area contributed by atoms with Crippen LogP contribution in [0.1, 0.15) is 0 Å². The van der Waals surface area contributed by atoms with E-state index in [-0.39, 0.29) is 4.90 Å². The number of para-hydroxylation sites is 2. The van der Waals surface area contributed by atoms with Crippen molar-refractivity contribution in [3.63, 3.8) is 0 Å². The molecule has 0 aliphatic carbocycles. The molecular weight excluding hydrogens is 316 g/mol. The average molecular weight is 327 g/mol. The van der Waals surface area contributed by atoms with E-state index in [1.165, 1.54) is 6.07 Å². The van der Waals surface area contributed by atoms with Gasteiger partial charge in [0.2, 0.25) is 0 Å². The van der Waals surface area contributed by atoms with Gasteiger partial charge in [0, 0.05) is 4.47 Å². The van der Waals surface area contributed by atoms with E-state index >= 15 is 0 Å². The summed E-state index contributed by atoms with van der Waals surface area (Å²) in [4.78, 5) is 0.174. The molecule has 0 unspecified atom stereocenters. The third-order valence-corrected chi connectivity index (χ3v) is 4.71. The van der Waals surface area contributed by atoms with Gasteiger partial charge in [-0.25, -0.2) is 8.42 Å². The highest BCUT2D eigenvalue weighted by Gasteiger charge is 2.17. The van der Waals surface area contributed by atoms with Gasteiger partial charge in [0.1, 0.15) is 4.90 Å². The topological polar surface area (TPSA) is 72.2 Å². The first-order valence-corrected chi connectivity index (χ1v) is 7.40. The van der Waals surface area contributed by atoms with Crippen LogP contribution in [0.2, 0.25) is 0 Å². The zero-order valence-corrected chi connectivity index (χ0v) is 11.7. The number of hydrogen-bond donors (Lipinski definition) is 2. The van der Waals surface area contributed by atoms with Crippen LogP contribution in [-0.2, 0) is 10.0 Å². The SMILES string of the molecule is Nc1ccccc1NS(=O)(=O)c1ccccc1Br. The maximum atomic E-state index is 12.2. The van der Waals surface area contributed by atoms with Gasteiger partial charge < -0.3 is 5.73 Å². The molecule has 0 amide bonds. The zero-order chi connectivity index (χ0) is 13.2. The Morgan fingerprint density at radius 3 is 2.28 bits per heavy atom. The lowest BCUT2D eigenvalue weighted by atomic mass is 10.3. The second-order valence-electron chi connectivity index (χ2n) is 3.62. The molecule has 0 bridgehead atoms. The van der Waals surface area contributed by atoms with Crippen molar-refractivity contribution in [2.75, 3.05) is 10.5 Å². The van der Waals surface area contributed by atoms with E-state index in [0.29, 0.717) is 15.8 Å². The lowest BCUT2D eigenvalue weighted by Gasteiger charge is -2.11. The monoisotopic (exact) mass is 326 g/mol. The summed E-state index contributed by atoms with van der Waals surface area (Å²) in [5, 5.41) is 0. The average Bonchev–Trinajstić information content (AvgIpc) is 2.32. The van der Waals surface area contributed by atoms with Gasteiger partial charge in [-0.15, -0.1) is 0 Å². The van der Waals surface area contributed by atoms with Crippen LogP contribution in [0, 0.1) is 0 Å². The third-order valence-electron chi connectivity index (χ3n) is 2.33. The van der Waals surface area contributed by atoms with Crippen molar-refractivity contribution < 1.29 is 8.42 Å². The van der Waals surface area contributed by atoms with Gasteiger partial charge in [-0.05, 0) is 40.2 Å². The Morgan fingerprint density at radius 2 is 1.61 bits per heavy atom. The van der Waals surface area contributed by atoms with Crippen LogP contribution in [0.25, 0.3) is 0 Å². The molecule has 0 saturated carbocycles. The normalized spacial score (nSPS) is 11.2. The minimum absolute atomic E-state index is 0.174. The number of hydrogen-bond acceptors (Lipinski definition) is 3. The Hall–Kier alpha value is -1.53. The first-order chi connectivity index (χ1) is 8.50. The van der Waals surface area contributed by atoms with Gasteiger partial charge in [0.05, 0.1) is 11.4 Å². The molecular formula is C12H11BrN2O2S. The molecule has 94 valence electrons. The quantitative estimate of drug-likeness (QED) is 0.852. The van der Waals surface area contributed by atoms with Gasteiger partial charge in [-0.2, -0.15) is 0 Å². The number of halogens is 1. The second kappa shape index (κ2) is 4.99. The predicted octanol–water partition coefficient (Wildman–Crippen LogP) is 2.83. The molecule has 0 aliphatic heterocycles. The summed E-state index contributed by atoms with van der Waals surface area (Å²) in [6.45, 7) is 0. The molecule has 0 heterocycles. The van der Waals surface area contributed by atoms with Crippen LogP contribution in [0.3, 0.4) is 0 Å². The molecule has 18 heavy (non-hydrogen) atoms. The second-order valence-corrected chi connectivity index (χ2v) is 6.13. The molecule has 2 rings (SSSR count). The van der Waals surface area contributed by atoms with E-state index in [1.54, 1.807) is 42.5 Å². The number of sulfonamides is 1. The van der Waals surface area contributed by atoms with Crippen molar-refractivity contribution in [3.8, 4) is 0 Å². The Balaban J connectivity index is 2.40. The Bertz CT molecular complexity index is 671. The largest absolute Gasteiger partial charge is 0.397 e. The van der Waals surface area contributed by atoms with E-state index in [9.17, 15) is 8.42 Å². The number of benzene rings is 2. The molecule has 3 N–H and O–H groups in total. The van der Waals surface area contributed by atoms with Gasteiger partial charge in [-0.1, -0.05) is 24.3 Å². The zero-order valence-electron chi connectivity index (χ0n) is 9.30. The molecule has 0 radical (unpaired) electrons. The molecule has 0 atom stereocenters. The minimum atomic E-state index is -3.64. The summed E-state index contributed by atoms with van der Waals surface area (Å²) in [6.07, 6.45) is 0. The lowest BCUT2D eigenvalue weighted by Crippen LogP contribution is -2.14. The van der Waals surface area contributed by atoms with Crippen molar-refractivity contribution in [3.05, 3.63) is 53.0 Å². The van der Waals surface area contributed by atoms with E-state index in [0.717, 1.165) is 0 Å². The van der Waals surface area contributed by atoms with Crippen LogP contribution in [0.4, 0.5) is 11.4 Å². The molecule has 0 aliphatic rings. The summed E-state index contributed by atoms with van der Waals surface area (Å²) in [7, 11) is -3.64. The fourth-order valence-corrected chi connectivity index (χ4v) is 3.54. The Morgan fingerprint density at radius 1 is 1.00 bits per heavy atom. The summed E-state index contributed by atoms with van der Waals surface area (Å²) < 4.78 is 27.3. The smallest absolute Gasteiger partial charge is 0.263 e. The first kappa shape index (κ1) is 12.9. The van der Waals surface area contributed by atoms with E-state index in [2.05, 4.69) is 20.7 Å². The number of anilines is 2. The van der Waals surface area contributed by atoms with Gasteiger partial charge in [0.25, 0.3) is 10.0 Å². The standard InChI is InChI=1S/C12H11BrN2O2S/c13-9-5-1-4-8-12(9)18(16,17)15-11-7-3-2-6-10(11)14/h1-8,15H,14H2. The highest BCUT2D eigenvalue weighted by atomic mass is 79.9. The van der Waals surface area contributed by atoms with Crippen LogP contribution < -0.4 is 10.5 Å². The van der Waals surface area contributed by atoms with Crippen molar-refractivity contribution in [2.24, 2.45) is 0 Å². The van der Waals surface area contributed by atoms with Gasteiger partial charge >= 0.3 is 0 Å². The molecule has 4 nitrogen and oxygen atoms in total. The number of nitrogen functional groups attached to an aromatic ring is 1. The van der Waals surface area contributed by atoms with Crippen molar-refractivity contribution in [1.29, 1.82) is 0 Å². The summed E-state index contributed by atoms with van der Waals surface area (Å²) in [6, 6.07) is 13.3. The van der Waals surface area contributed by atoms with E-state index < -0.39 is 10.0 Å². The lowest BCUT2D eigenvalue weighted by molar-refractivity contribution is 0.601. The maximum absolute atomic E-state index is 12.2. The Kier molecular flexibility index (Phi) is 3.58. The van der Waals surface area contributed by atoms with Crippen molar-refractivity contribution in [1.82, 2.24) is 0 Å². The third kappa shape index (κ3) is 2.65. The van der Waals surface area contributed by atoms with Crippen molar-refractivity contribution >= 4 is 37.3 Å². The maximum Gasteiger partial charge on any atom is 0.263 e. The highest BCUT2D eigenvalue weighted by Crippen LogP contribution is 2.25. The molecule has 6 heteroatoms. The number of nitrogens with two attached hydrogens (primary N) is 1. The fourth-order valence-electron chi connectivity index (χ4n) is 1.45.